The molecule has 0 aromatic heterocycles. The fourth-order valence-electron chi connectivity index (χ4n) is 3.92. The minimum Gasteiger partial charge on any atom is -0.507 e. The minimum atomic E-state index is -0.0758. The van der Waals surface area contributed by atoms with Gasteiger partial charge in [0.25, 0.3) is 0 Å². The number of aromatic nitrogens is 1. The van der Waals surface area contributed by atoms with E-state index in [0.717, 1.165) is 0 Å². The predicted octanol–water partition coefficient (Wildman–Crippen LogP) is 3.21. The summed E-state index contributed by atoms with van der Waals surface area (Å²) in [6.45, 7) is 0. The number of nitrogens with one attached hydrogen (secondary N) is 1. The lowest BCUT2D eigenvalue weighted by Crippen LogP contribution is -2.32. The van der Waals surface area contributed by atoms with Crippen molar-refractivity contribution in [2.45, 2.75) is 0 Å². The van der Waals surface area contributed by atoms with E-state index in [1.54, 1.807) is 49.6 Å². The first kappa shape index (κ1) is 17.1. The summed E-state index contributed by atoms with van der Waals surface area (Å²) in [6.07, 6.45) is 0. The van der Waals surface area contributed by atoms with Crippen LogP contribution in [-0.4, -0.2) is 17.2 Å². The zero-order valence-corrected chi connectivity index (χ0v) is 15.6. The zero-order valence-electron chi connectivity index (χ0n) is 15.6. The van der Waals surface area contributed by atoms with E-state index in [1.165, 1.54) is 0 Å². The van der Waals surface area contributed by atoms with E-state index in [2.05, 4.69) is 4.98 Å². The largest absolute Gasteiger partial charge is 0.507 e. The maximum absolute atomic E-state index is 13.0. The Morgan fingerprint density at radius 2 is 1.55 bits per heavy atom. The molecular weight excluding hydrogens is 364 g/mol. The van der Waals surface area contributed by atoms with E-state index in [9.17, 15) is 9.90 Å². The highest BCUT2D eigenvalue weighted by molar-refractivity contribution is 6.09. The van der Waals surface area contributed by atoms with Crippen LogP contribution in [-0.2, 0) is 0 Å². The molecule has 2 N–H and O–H groups in total. The number of aliphatic hydroxyl groups excluding tert-OH is 1. The smallest absolute Gasteiger partial charge is 0.194 e. The number of methoxy groups -OCH3 is 1. The lowest BCUT2D eigenvalue weighted by atomic mass is 9.91. The Bertz CT molecular complexity index is 1530. The van der Waals surface area contributed by atoms with Gasteiger partial charge < -0.3 is 9.84 Å². The van der Waals surface area contributed by atoms with Gasteiger partial charge in [0.2, 0.25) is 0 Å². The summed E-state index contributed by atoms with van der Waals surface area (Å²) >= 11 is 0. The topological polar surface area (TPSA) is 83.3 Å². The Morgan fingerprint density at radius 3 is 2.28 bits per heavy atom. The summed E-state index contributed by atoms with van der Waals surface area (Å²) in [6, 6.07) is 19.6. The molecule has 0 bridgehead atoms. The molecule has 0 radical (unpaired) electrons. The Hall–Kier alpha value is -3.99. The Morgan fingerprint density at radius 1 is 0.897 bits per heavy atom. The van der Waals surface area contributed by atoms with Gasteiger partial charge in [-0.25, -0.2) is 4.98 Å². The summed E-state index contributed by atoms with van der Waals surface area (Å²) in [4.78, 5) is 17.5. The molecule has 1 aliphatic heterocycles. The van der Waals surface area contributed by atoms with E-state index in [4.69, 9.17) is 10.1 Å². The van der Waals surface area contributed by atoms with Crippen LogP contribution in [0.1, 0.15) is 5.56 Å². The van der Waals surface area contributed by atoms with Crippen LogP contribution in [0.2, 0.25) is 0 Å². The van der Waals surface area contributed by atoms with Crippen LogP contribution >= 0.6 is 0 Å². The number of aliphatic hydroxyl groups is 1. The maximum atomic E-state index is 13.0. The molecule has 0 atom stereocenters. The second-order valence-corrected chi connectivity index (χ2v) is 6.86. The number of hydrogen-bond donors (Lipinski definition) is 2. The van der Waals surface area contributed by atoms with Crippen molar-refractivity contribution in [2.75, 3.05) is 7.11 Å². The van der Waals surface area contributed by atoms with Crippen molar-refractivity contribution in [3.8, 4) is 17.0 Å². The molecule has 5 rings (SSSR count). The third kappa shape index (κ3) is 2.44. The van der Waals surface area contributed by atoms with Crippen LogP contribution in [0, 0.1) is 5.41 Å². The predicted molar refractivity (Wildman–Crippen MR) is 113 cm³/mol. The lowest BCUT2D eigenvalue weighted by molar-refractivity contribution is 0.414. The third-order valence-corrected chi connectivity index (χ3v) is 5.30. The van der Waals surface area contributed by atoms with Gasteiger partial charge in [-0.2, -0.15) is 0 Å². The molecule has 5 nitrogen and oxygen atoms in total. The van der Waals surface area contributed by atoms with Gasteiger partial charge in [-0.05, 0) is 29.7 Å². The Labute approximate surface area is 165 Å². The van der Waals surface area contributed by atoms with Crippen LogP contribution in [0.4, 0.5) is 0 Å². The molecule has 2 aliphatic rings. The highest BCUT2D eigenvalue weighted by Gasteiger charge is 2.20. The average Bonchev–Trinajstić information content (AvgIpc) is 2.76. The van der Waals surface area contributed by atoms with Gasteiger partial charge in [-0.1, -0.05) is 42.5 Å². The highest BCUT2D eigenvalue weighted by Crippen LogP contribution is 2.32. The van der Waals surface area contributed by atoms with Crippen LogP contribution in [0.5, 0.6) is 5.75 Å². The first-order chi connectivity index (χ1) is 14.1. The average molecular weight is 380 g/mol. The van der Waals surface area contributed by atoms with Crippen molar-refractivity contribution in [1.82, 2.24) is 4.98 Å². The molecule has 3 aromatic rings. The number of hydrogen-bond acceptors (Lipinski definition) is 5. The van der Waals surface area contributed by atoms with Crippen LogP contribution in [0.15, 0.2) is 71.5 Å². The molecule has 5 heteroatoms. The van der Waals surface area contributed by atoms with E-state index in [-0.39, 0.29) is 16.7 Å². The normalized spacial score (nSPS) is 12.6. The molecule has 29 heavy (non-hydrogen) atoms. The van der Waals surface area contributed by atoms with E-state index in [1.807, 2.05) is 24.3 Å². The second kappa shape index (κ2) is 6.27. The van der Waals surface area contributed by atoms with Crippen LogP contribution in [0.3, 0.4) is 0 Å². The fraction of sp³-hybridized carbons (Fsp3) is 0.0417. The fourth-order valence-corrected chi connectivity index (χ4v) is 3.92. The number of rotatable bonds is 2. The Kier molecular flexibility index (Phi) is 3.71. The highest BCUT2D eigenvalue weighted by atomic mass is 16.5. The number of fused-ring (bicyclic) bond motifs is 2. The van der Waals surface area contributed by atoms with Gasteiger partial charge >= 0.3 is 0 Å². The molecule has 1 heterocycles. The third-order valence-electron chi connectivity index (χ3n) is 5.30. The first-order valence-electron chi connectivity index (χ1n) is 9.13. The zero-order chi connectivity index (χ0) is 20.1. The van der Waals surface area contributed by atoms with Crippen molar-refractivity contribution in [1.29, 1.82) is 5.41 Å². The quantitative estimate of drug-likeness (QED) is 0.364. The van der Waals surface area contributed by atoms with Crippen molar-refractivity contribution >= 4 is 27.3 Å². The minimum absolute atomic E-state index is 0.0397. The molecular formula is C24H16N2O3. The summed E-state index contributed by atoms with van der Waals surface area (Å²) in [5, 5.41) is 22.3. The summed E-state index contributed by atoms with van der Waals surface area (Å²) in [5.74, 6) is 0.616. The molecule has 0 spiro atoms. The monoisotopic (exact) mass is 380 g/mol. The standard InChI is InChI=1S/C24H16N2O3/c1-29-14-11-9-13(10-12-14)22(27)20-17-7-4-8-18-19(17)21(26-24(20)25)15-5-2-3-6-16(15)23(18)28/h2-12,25,27H,1H3/b22-20-,25-24?. The molecule has 0 fully saturated rings. The summed E-state index contributed by atoms with van der Waals surface area (Å²) in [5.41, 5.74) is 1.70. The Balaban J connectivity index is 1.99. The van der Waals surface area contributed by atoms with Crippen LogP contribution < -0.4 is 20.9 Å². The van der Waals surface area contributed by atoms with Crippen molar-refractivity contribution in [3.05, 3.63) is 93.2 Å². The number of pyridine rings is 1. The van der Waals surface area contributed by atoms with Crippen molar-refractivity contribution in [3.63, 3.8) is 0 Å². The van der Waals surface area contributed by atoms with Gasteiger partial charge in [0.05, 0.1) is 18.0 Å². The van der Waals surface area contributed by atoms with Gasteiger partial charge in [0.15, 0.2) is 10.9 Å². The van der Waals surface area contributed by atoms with E-state index < -0.39 is 0 Å². The molecule has 1 aliphatic carbocycles. The lowest BCUT2D eigenvalue weighted by Gasteiger charge is -2.14. The number of nitrogens with zero attached hydrogens (tertiary/aromatic N) is 1. The van der Waals surface area contributed by atoms with Gasteiger partial charge in [-0.3, -0.25) is 10.2 Å². The molecule has 0 saturated heterocycles. The van der Waals surface area contributed by atoms with Gasteiger partial charge in [-0.15, -0.1) is 0 Å². The summed E-state index contributed by atoms with van der Waals surface area (Å²) in [7, 11) is 1.57. The van der Waals surface area contributed by atoms with Crippen molar-refractivity contribution in [2.24, 2.45) is 0 Å². The first-order valence-corrected chi connectivity index (χ1v) is 9.13. The van der Waals surface area contributed by atoms with Crippen LogP contribution in [0.25, 0.3) is 38.6 Å². The van der Waals surface area contributed by atoms with E-state index in [0.29, 0.717) is 49.3 Å². The van der Waals surface area contributed by atoms with Gasteiger partial charge in [0, 0.05) is 27.3 Å². The van der Waals surface area contributed by atoms with Crippen molar-refractivity contribution < 1.29 is 9.84 Å². The van der Waals surface area contributed by atoms with Gasteiger partial charge in [0.1, 0.15) is 11.5 Å². The second-order valence-electron chi connectivity index (χ2n) is 6.86. The maximum Gasteiger partial charge on any atom is 0.194 e. The molecule has 0 unspecified atom stereocenters. The SMILES string of the molecule is COc1ccc(/C(O)=c2/c(=N)nc3c4ccccc4c(=O)c4cccc2c4-3)cc1. The molecule has 140 valence electrons. The number of ether oxygens (including phenoxy) is 1. The molecule has 0 amide bonds. The molecule has 0 saturated carbocycles. The summed E-state index contributed by atoms with van der Waals surface area (Å²) < 4.78 is 5.17. The molecule has 3 aromatic carbocycles. The number of benzene rings is 4. The van der Waals surface area contributed by atoms with E-state index >= 15 is 0 Å².